The Kier molecular flexibility index (Phi) is 6.26. The fourth-order valence-electron chi connectivity index (χ4n) is 3.80. The van der Waals surface area contributed by atoms with E-state index >= 15 is 0 Å². The van der Waals surface area contributed by atoms with E-state index < -0.39 is 21.1 Å². The zero-order valence-electron chi connectivity index (χ0n) is 18.5. The van der Waals surface area contributed by atoms with E-state index in [1.807, 2.05) is 0 Å². The van der Waals surface area contributed by atoms with Gasteiger partial charge in [-0.2, -0.15) is 0 Å². The van der Waals surface area contributed by atoms with E-state index in [0.717, 1.165) is 4.31 Å². The number of halogens is 1. The van der Waals surface area contributed by atoms with Gasteiger partial charge in [-0.1, -0.05) is 11.6 Å². The molecule has 0 spiro atoms. The lowest BCUT2D eigenvalue weighted by molar-refractivity contribution is 0.297. The molecule has 0 saturated heterocycles. The molecular weight excluding hydrogens is 470 g/mol. The van der Waals surface area contributed by atoms with Crippen LogP contribution in [0.2, 0.25) is 5.02 Å². The molecule has 0 aliphatic carbocycles. The van der Waals surface area contributed by atoms with Gasteiger partial charge in [0.1, 0.15) is 0 Å². The highest BCUT2D eigenvalue weighted by Gasteiger charge is 2.21. The number of sulfonamides is 1. The number of hydrogen-bond donors (Lipinski definition) is 0. The number of hydrogen-bond acceptors (Lipinski definition) is 6. The van der Waals surface area contributed by atoms with Crippen LogP contribution < -0.4 is 20.6 Å². The molecule has 33 heavy (non-hydrogen) atoms. The van der Waals surface area contributed by atoms with Gasteiger partial charge in [-0.25, -0.2) is 12.7 Å². The molecule has 0 atom stereocenters. The summed E-state index contributed by atoms with van der Waals surface area (Å²) in [6.07, 6.45) is 0.711. The molecule has 0 unspecified atom stereocenters. The van der Waals surface area contributed by atoms with Crippen LogP contribution in [-0.4, -0.2) is 49.2 Å². The van der Waals surface area contributed by atoms with Crippen LogP contribution in [0.15, 0.2) is 44.8 Å². The van der Waals surface area contributed by atoms with Crippen molar-refractivity contribution in [3.63, 3.8) is 0 Å². The Morgan fingerprint density at radius 3 is 2.39 bits per heavy atom. The Balaban J connectivity index is 1.94. The highest BCUT2D eigenvalue weighted by Crippen LogP contribution is 2.38. The molecule has 176 valence electrons. The van der Waals surface area contributed by atoms with Crippen LogP contribution in [0.5, 0.6) is 11.5 Å². The van der Waals surface area contributed by atoms with Crippen LogP contribution in [0.25, 0.3) is 11.0 Å². The first-order chi connectivity index (χ1) is 15.6. The third-order valence-electron chi connectivity index (χ3n) is 5.50. The van der Waals surface area contributed by atoms with E-state index in [-0.39, 0.29) is 18.0 Å². The molecule has 1 aliphatic heterocycles. The summed E-state index contributed by atoms with van der Waals surface area (Å²) in [5.41, 5.74) is -0.0457. The summed E-state index contributed by atoms with van der Waals surface area (Å²) in [6, 6.07) is 7.77. The molecule has 0 saturated carbocycles. The molecule has 0 fully saturated rings. The van der Waals surface area contributed by atoms with Crippen LogP contribution in [0.1, 0.15) is 18.9 Å². The number of benzene rings is 2. The standard InChI is InChI=1S/C22H24ClN3O6S/c1-4-25-17-7-6-15(33(29,30)24(2)3)12-18(17)26(22(28)21(25)27)13-14-10-16(23)20-19(11-14)31-8-5-9-32-20/h6-7,10-12H,4-5,8-9,13H2,1-3H3. The minimum absolute atomic E-state index is 0.00302. The minimum atomic E-state index is -3.75. The summed E-state index contributed by atoms with van der Waals surface area (Å²) in [5, 5.41) is 0.333. The zero-order chi connectivity index (χ0) is 23.9. The first-order valence-corrected chi connectivity index (χ1v) is 12.2. The number of ether oxygens (including phenoxy) is 2. The normalized spacial score (nSPS) is 14.0. The van der Waals surface area contributed by atoms with E-state index in [1.165, 1.54) is 35.4 Å². The fourth-order valence-corrected chi connectivity index (χ4v) is 5.01. The zero-order valence-corrected chi connectivity index (χ0v) is 20.1. The van der Waals surface area contributed by atoms with Crippen LogP contribution in [-0.2, 0) is 23.1 Å². The largest absolute Gasteiger partial charge is 0.489 e. The van der Waals surface area contributed by atoms with Gasteiger partial charge >= 0.3 is 11.1 Å². The predicted octanol–water partition coefficient (Wildman–Crippen LogP) is 2.30. The Morgan fingerprint density at radius 2 is 1.70 bits per heavy atom. The van der Waals surface area contributed by atoms with Crippen molar-refractivity contribution in [2.75, 3.05) is 27.3 Å². The lowest BCUT2D eigenvalue weighted by atomic mass is 10.2. The molecule has 11 heteroatoms. The molecule has 0 N–H and O–H groups in total. The van der Waals surface area contributed by atoms with Crippen molar-refractivity contribution in [2.45, 2.75) is 31.3 Å². The summed E-state index contributed by atoms with van der Waals surface area (Å²) < 4.78 is 40.5. The molecule has 1 aliphatic rings. The Morgan fingerprint density at radius 1 is 1.00 bits per heavy atom. The molecule has 4 rings (SSSR count). The number of aryl methyl sites for hydroxylation is 1. The van der Waals surface area contributed by atoms with E-state index in [2.05, 4.69) is 0 Å². The second-order valence-corrected chi connectivity index (χ2v) is 10.4. The summed E-state index contributed by atoms with van der Waals surface area (Å²) >= 11 is 6.40. The number of nitrogens with zero attached hydrogens (tertiary/aromatic N) is 3. The van der Waals surface area contributed by atoms with Gasteiger partial charge in [0.25, 0.3) is 0 Å². The van der Waals surface area contributed by atoms with Crippen LogP contribution >= 0.6 is 11.6 Å². The maximum absolute atomic E-state index is 13.1. The summed E-state index contributed by atoms with van der Waals surface area (Å²) in [6.45, 7) is 2.96. The lowest BCUT2D eigenvalue weighted by Gasteiger charge is -2.17. The molecule has 3 aromatic rings. The summed E-state index contributed by atoms with van der Waals surface area (Å²) in [4.78, 5) is 25.9. The number of rotatable bonds is 5. The number of fused-ring (bicyclic) bond motifs is 2. The van der Waals surface area contributed by atoms with Crippen LogP contribution in [0, 0.1) is 0 Å². The monoisotopic (exact) mass is 493 g/mol. The SMILES string of the molecule is CCn1c(=O)c(=O)n(Cc2cc(Cl)c3c(c2)OCCCO3)c2cc(S(=O)(=O)N(C)C)ccc21. The maximum Gasteiger partial charge on any atom is 0.317 e. The quantitative estimate of drug-likeness (QED) is 0.506. The molecular formula is C22H24ClN3O6S. The molecule has 2 heterocycles. The van der Waals surface area contributed by atoms with E-state index in [1.54, 1.807) is 25.1 Å². The third kappa shape index (κ3) is 4.14. The highest BCUT2D eigenvalue weighted by atomic mass is 35.5. The Hall–Kier alpha value is -2.82. The second kappa shape index (κ2) is 8.85. The van der Waals surface area contributed by atoms with Gasteiger partial charge in [0.15, 0.2) is 11.5 Å². The van der Waals surface area contributed by atoms with Gasteiger partial charge in [0, 0.05) is 27.1 Å². The minimum Gasteiger partial charge on any atom is -0.489 e. The first-order valence-electron chi connectivity index (χ1n) is 10.4. The van der Waals surface area contributed by atoms with Crippen molar-refractivity contribution in [1.29, 1.82) is 0 Å². The van der Waals surface area contributed by atoms with Gasteiger partial charge in [-0.3, -0.25) is 14.2 Å². The molecule has 0 bridgehead atoms. The van der Waals surface area contributed by atoms with Gasteiger partial charge in [0.05, 0.1) is 40.7 Å². The van der Waals surface area contributed by atoms with Crippen molar-refractivity contribution in [1.82, 2.24) is 13.4 Å². The van der Waals surface area contributed by atoms with Crippen molar-refractivity contribution >= 4 is 32.7 Å². The van der Waals surface area contributed by atoms with Crippen molar-refractivity contribution in [3.8, 4) is 11.5 Å². The predicted molar refractivity (Wildman–Crippen MR) is 125 cm³/mol. The van der Waals surface area contributed by atoms with Gasteiger partial charge in [-0.05, 0) is 42.8 Å². The van der Waals surface area contributed by atoms with Crippen molar-refractivity contribution < 1.29 is 17.9 Å². The third-order valence-corrected chi connectivity index (χ3v) is 7.59. The first kappa shape index (κ1) is 23.3. The maximum atomic E-state index is 13.1. The topological polar surface area (TPSA) is 99.8 Å². The van der Waals surface area contributed by atoms with Gasteiger partial charge in [0.2, 0.25) is 10.0 Å². The summed E-state index contributed by atoms with van der Waals surface area (Å²) in [5.74, 6) is 0.904. The number of aromatic nitrogens is 2. The summed E-state index contributed by atoms with van der Waals surface area (Å²) in [7, 11) is -0.891. The highest BCUT2D eigenvalue weighted by molar-refractivity contribution is 7.89. The van der Waals surface area contributed by atoms with E-state index in [9.17, 15) is 18.0 Å². The Bertz CT molecular complexity index is 1460. The van der Waals surface area contributed by atoms with E-state index in [0.29, 0.717) is 52.8 Å². The molecule has 1 aromatic heterocycles. The van der Waals surface area contributed by atoms with Gasteiger partial charge < -0.3 is 14.0 Å². The molecule has 0 radical (unpaired) electrons. The molecule has 0 amide bonds. The van der Waals surface area contributed by atoms with Crippen LogP contribution in [0.4, 0.5) is 0 Å². The van der Waals surface area contributed by atoms with E-state index in [4.69, 9.17) is 21.1 Å². The molecule has 2 aromatic carbocycles. The molecule has 9 nitrogen and oxygen atoms in total. The average molecular weight is 494 g/mol. The Labute approximate surface area is 195 Å². The smallest absolute Gasteiger partial charge is 0.317 e. The lowest BCUT2D eigenvalue weighted by Crippen LogP contribution is -2.41. The van der Waals surface area contributed by atoms with Crippen LogP contribution in [0.3, 0.4) is 0 Å². The average Bonchev–Trinajstić information content (AvgIpc) is 3.03. The van der Waals surface area contributed by atoms with Gasteiger partial charge in [-0.15, -0.1) is 0 Å². The van der Waals surface area contributed by atoms with Crippen molar-refractivity contribution in [2.24, 2.45) is 0 Å². The fraction of sp³-hybridized carbons (Fsp3) is 0.364. The second-order valence-electron chi connectivity index (χ2n) is 7.83. The van der Waals surface area contributed by atoms with Crippen molar-refractivity contribution in [3.05, 3.63) is 61.6 Å².